The van der Waals surface area contributed by atoms with Crippen molar-refractivity contribution in [3.05, 3.63) is 0 Å². The maximum Gasteiger partial charge on any atom is 0.300 e. The highest BCUT2D eigenvalue weighted by molar-refractivity contribution is 8.11. The van der Waals surface area contributed by atoms with Gasteiger partial charge >= 0.3 is 0 Å². The minimum atomic E-state index is -3.55. The van der Waals surface area contributed by atoms with E-state index in [0.717, 1.165) is 19.5 Å². The number of rotatable bonds is 1. The minimum Gasteiger partial charge on any atom is -0.297 e. The second-order valence-electron chi connectivity index (χ2n) is 4.51. The second kappa shape index (κ2) is 4.20. The van der Waals surface area contributed by atoms with Gasteiger partial charge in [0.25, 0.3) is 9.24 Å². The zero-order valence-corrected chi connectivity index (χ0v) is 10.5. The Balaban J connectivity index is 2.11. The van der Waals surface area contributed by atoms with Gasteiger partial charge in [-0.25, -0.2) is 0 Å². The predicted molar refractivity (Wildman–Crippen MR) is 60.2 cm³/mol. The van der Waals surface area contributed by atoms with Gasteiger partial charge < -0.3 is 0 Å². The lowest BCUT2D eigenvalue weighted by atomic mass is 9.99. The van der Waals surface area contributed by atoms with E-state index >= 15 is 0 Å². The lowest BCUT2D eigenvalue weighted by Crippen LogP contribution is -2.59. The zero-order chi connectivity index (χ0) is 11.1. The quantitative estimate of drug-likeness (QED) is 0.655. The van der Waals surface area contributed by atoms with Crippen LogP contribution < -0.4 is 0 Å². The van der Waals surface area contributed by atoms with Crippen LogP contribution in [0.25, 0.3) is 0 Å². The molecule has 88 valence electrons. The number of fused-ring (bicyclic) bond motifs is 1. The van der Waals surface area contributed by atoms with Crippen molar-refractivity contribution in [2.24, 2.45) is 0 Å². The highest BCUT2D eigenvalue weighted by atomic mass is 35.7. The van der Waals surface area contributed by atoms with E-state index in [9.17, 15) is 8.42 Å². The standard InChI is InChI=1S/C9H17ClN2O2S/c1-8-6-11-5-3-2-4-9(11)7-12(8)15(10,13)14/h8-9H,2-7H2,1H3. The van der Waals surface area contributed by atoms with Crippen molar-refractivity contribution in [2.45, 2.75) is 38.3 Å². The van der Waals surface area contributed by atoms with Gasteiger partial charge in [-0.05, 0) is 26.3 Å². The van der Waals surface area contributed by atoms with E-state index in [2.05, 4.69) is 4.90 Å². The van der Waals surface area contributed by atoms with Gasteiger partial charge in [-0.1, -0.05) is 6.42 Å². The molecule has 0 bridgehead atoms. The molecule has 2 aliphatic rings. The fourth-order valence-electron chi connectivity index (χ4n) is 2.63. The molecule has 2 heterocycles. The Morgan fingerprint density at radius 1 is 1.27 bits per heavy atom. The number of hydrogen-bond acceptors (Lipinski definition) is 3. The molecule has 0 aliphatic carbocycles. The molecular formula is C9H17ClN2O2S. The average Bonchev–Trinajstić information content (AvgIpc) is 2.15. The van der Waals surface area contributed by atoms with Gasteiger partial charge in [0.15, 0.2) is 0 Å². The van der Waals surface area contributed by atoms with Crippen molar-refractivity contribution in [3.63, 3.8) is 0 Å². The molecule has 2 rings (SSSR count). The van der Waals surface area contributed by atoms with E-state index in [1.165, 1.54) is 17.1 Å². The summed E-state index contributed by atoms with van der Waals surface area (Å²) in [7, 11) is 1.87. The van der Waals surface area contributed by atoms with Crippen LogP contribution in [0.15, 0.2) is 0 Å². The predicted octanol–water partition coefficient (Wildman–Crippen LogP) is 1.03. The summed E-state index contributed by atoms with van der Waals surface area (Å²) >= 11 is 0. The van der Waals surface area contributed by atoms with Crippen LogP contribution >= 0.6 is 10.7 Å². The van der Waals surface area contributed by atoms with Gasteiger partial charge in [0.2, 0.25) is 0 Å². The fraction of sp³-hybridized carbons (Fsp3) is 1.00. The summed E-state index contributed by atoms with van der Waals surface area (Å²) in [5, 5.41) is 0. The summed E-state index contributed by atoms with van der Waals surface area (Å²) in [5.74, 6) is 0. The van der Waals surface area contributed by atoms with E-state index in [-0.39, 0.29) is 6.04 Å². The van der Waals surface area contributed by atoms with E-state index in [0.29, 0.717) is 12.6 Å². The minimum absolute atomic E-state index is 0.00171. The lowest BCUT2D eigenvalue weighted by molar-refractivity contribution is 0.0575. The number of nitrogens with zero attached hydrogens (tertiary/aromatic N) is 2. The van der Waals surface area contributed by atoms with E-state index in [4.69, 9.17) is 10.7 Å². The Morgan fingerprint density at radius 2 is 2.00 bits per heavy atom. The summed E-state index contributed by atoms with van der Waals surface area (Å²) in [6, 6.07) is 0.380. The maximum absolute atomic E-state index is 11.3. The first-order valence-corrected chi connectivity index (χ1v) is 7.70. The highest BCUT2D eigenvalue weighted by Crippen LogP contribution is 2.26. The van der Waals surface area contributed by atoms with Crippen molar-refractivity contribution in [3.8, 4) is 0 Å². The van der Waals surface area contributed by atoms with Gasteiger partial charge in [-0.15, -0.1) is 0 Å². The molecule has 2 fully saturated rings. The third-order valence-corrected chi connectivity index (χ3v) is 5.01. The summed E-state index contributed by atoms with van der Waals surface area (Å²) in [6.07, 6.45) is 3.53. The van der Waals surface area contributed by atoms with Crippen LogP contribution in [0.1, 0.15) is 26.2 Å². The van der Waals surface area contributed by atoms with Gasteiger partial charge in [-0.3, -0.25) is 4.90 Å². The van der Waals surface area contributed by atoms with Gasteiger partial charge in [-0.2, -0.15) is 12.7 Å². The van der Waals surface area contributed by atoms with Crippen LogP contribution in [-0.4, -0.2) is 49.3 Å². The first-order chi connectivity index (χ1) is 6.98. The summed E-state index contributed by atoms with van der Waals surface area (Å²) < 4.78 is 24.1. The molecule has 0 aromatic heterocycles. The van der Waals surface area contributed by atoms with Crippen LogP contribution in [0.3, 0.4) is 0 Å². The number of halogens is 1. The summed E-state index contributed by atoms with van der Waals surface area (Å²) in [4.78, 5) is 2.40. The third kappa shape index (κ3) is 2.46. The van der Waals surface area contributed by atoms with Gasteiger partial charge in [0.1, 0.15) is 0 Å². The van der Waals surface area contributed by atoms with Gasteiger partial charge in [0.05, 0.1) is 0 Å². The molecule has 2 unspecified atom stereocenters. The molecule has 2 saturated heterocycles. The monoisotopic (exact) mass is 252 g/mol. The molecule has 6 heteroatoms. The SMILES string of the molecule is CC1CN2CCCCC2CN1S(=O)(=O)Cl. The summed E-state index contributed by atoms with van der Waals surface area (Å²) in [6.45, 7) is 4.40. The normalized spacial score (nSPS) is 35.1. The first kappa shape index (κ1) is 11.6. The molecule has 0 spiro atoms. The number of piperidine rings is 1. The molecule has 0 aromatic carbocycles. The van der Waals surface area contributed by atoms with Crippen molar-refractivity contribution >= 4 is 19.9 Å². The molecule has 0 amide bonds. The molecule has 0 aromatic rings. The molecule has 2 atom stereocenters. The Hall–Kier alpha value is 0.160. The molecular weight excluding hydrogens is 236 g/mol. The van der Waals surface area contributed by atoms with Crippen molar-refractivity contribution in [1.82, 2.24) is 9.21 Å². The Labute approximate surface area is 95.7 Å². The van der Waals surface area contributed by atoms with Crippen molar-refractivity contribution in [1.29, 1.82) is 0 Å². The van der Waals surface area contributed by atoms with Crippen molar-refractivity contribution in [2.75, 3.05) is 19.6 Å². The largest absolute Gasteiger partial charge is 0.300 e. The maximum atomic E-state index is 11.3. The molecule has 2 aliphatic heterocycles. The Bertz CT molecular complexity index is 333. The fourth-order valence-corrected chi connectivity index (χ4v) is 4.05. The molecule has 0 radical (unpaired) electrons. The van der Waals surface area contributed by atoms with E-state index in [1.54, 1.807) is 0 Å². The lowest BCUT2D eigenvalue weighted by Gasteiger charge is -2.45. The average molecular weight is 253 g/mol. The Kier molecular flexibility index (Phi) is 3.26. The topological polar surface area (TPSA) is 40.6 Å². The molecule has 0 N–H and O–H groups in total. The first-order valence-electron chi connectivity index (χ1n) is 5.44. The van der Waals surface area contributed by atoms with Crippen LogP contribution in [0.5, 0.6) is 0 Å². The van der Waals surface area contributed by atoms with Crippen molar-refractivity contribution < 1.29 is 8.42 Å². The van der Waals surface area contributed by atoms with Crippen LogP contribution in [-0.2, 0) is 9.24 Å². The number of hydrogen-bond donors (Lipinski definition) is 0. The molecule has 0 saturated carbocycles. The molecule has 15 heavy (non-hydrogen) atoms. The number of piperazine rings is 1. The zero-order valence-electron chi connectivity index (χ0n) is 8.89. The third-order valence-electron chi connectivity index (χ3n) is 3.41. The van der Waals surface area contributed by atoms with Gasteiger partial charge in [0, 0.05) is 35.9 Å². The van der Waals surface area contributed by atoms with E-state index in [1.807, 2.05) is 6.92 Å². The van der Waals surface area contributed by atoms with Crippen LogP contribution in [0.4, 0.5) is 0 Å². The van der Waals surface area contributed by atoms with Crippen LogP contribution in [0.2, 0.25) is 0 Å². The second-order valence-corrected chi connectivity index (χ2v) is 6.97. The smallest absolute Gasteiger partial charge is 0.297 e. The van der Waals surface area contributed by atoms with E-state index < -0.39 is 9.24 Å². The summed E-state index contributed by atoms with van der Waals surface area (Å²) in [5.41, 5.74) is 0. The molecule has 4 nitrogen and oxygen atoms in total. The Morgan fingerprint density at radius 3 is 2.67 bits per heavy atom. The van der Waals surface area contributed by atoms with Crippen LogP contribution in [0, 0.1) is 0 Å². The highest BCUT2D eigenvalue weighted by Gasteiger charge is 2.37.